The number of hydrogen-bond acceptors (Lipinski definition) is 0. The molecule has 0 radical (unpaired) electrons. The molecule has 0 saturated carbocycles. The topological polar surface area (TPSA) is 0 Å². The average Bonchev–Trinajstić information content (AvgIpc) is 2.30. The Morgan fingerprint density at radius 1 is 0.643 bits per heavy atom. The minimum Gasteiger partial charge on any atom is -0.322 e. The Morgan fingerprint density at radius 2 is 1.00 bits per heavy atom. The normalized spacial score (nSPS) is 9.79. The Hall–Kier alpha value is -1.57. The van der Waals surface area contributed by atoms with Crippen LogP contribution in [0.15, 0.2) is 60.7 Å². The lowest BCUT2D eigenvalue weighted by molar-refractivity contribution is 0.865. The molecule has 2 aromatic rings. The number of halogens is 1. The van der Waals surface area contributed by atoms with Gasteiger partial charge in [-0.3, -0.25) is 0 Å². The second-order valence-corrected chi connectivity index (χ2v) is 3.18. The van der Waals surface area contributed by atoms with Crippen LogP contribution in [-0.4, -0.2) is 6.99 Å². The van der Waals surface area contributed by atoms with Crippen molar-refractivity contribution in [1.82, 2.24) is 0 Å². The van der Waals surface area contributed by atoms with E-state index in [-0.39, 0.29) is 0 Å². The summed E-state index contributed by atoms with van der Waals surface area (Å²) in [7, 11) is 0. The third kappa shape index (κ3) is 1.85. The zero-order valence-corrected chi connectivity index (χ0v) is 7.73. The summed E-state index contributed by atoms with van der Waals surface area (Å²) in [4.78, 5) is 0. The summed E-state index contributed by atoms with van der Waals surface area (Å²) >= 11 is 0. The van der Waals surface area contributed by atoms with Crippen molar-refractivity contribution in [3.8, 4) is 0 Å². The van der Waals surface area contributed by atoms with Crippen molar-refractivity contribution in [3.63, 3.8) is 0 Å². The molecule has 0 spiro atoms. The third-order valence-corrected chi connectivity index (χ3v) is 2.18. The highest BCUT2D eigenvalue weighted by molar-refractivity contribution is 6.79. The summed E-state index contributed by atoms with van der Waals surface area (Å²) in [6, 6.07) is 18.4. The first-order chi connectivity index (χ1) is 6.88. The van der Waals surface area contributed by atoms with Gasteiger partial charge in [0.15, 0.2) is 0 Å². The van der Waals surface area contributed by atoms with Crippen molar-refractivity contribution in [2.24, 2.45) is 0 Å². The van der Waals surface area contributed by atoms with Crippen LogP contribution < -0.4 is 10.9 Å². The van der Waals surface area contributed by atoms with E-state index in [4.69, 9.17) is 0 Å². The van der Waals surface area contributed by atoms with Crippen LogP contribution in [-0.2, 0) is 0 Å². The molecule has 0 aromatic heterocycles. The summed E-state index contributed by atoms with van der Waals surface area (Å²) in [6.45, 7) is -1.02. The van der Waals surface area contributed by atoms with E-state index in [1.807, 2.05) is 36.4 Å². The quantitative estimate of drug-likeness (QED) is 0.624. The standard InChI is InChI=1S/C12H10BF/c14-13(11-7-3-1-4-8-11)12-9-5-2-6-10-12/h1-10H. The molecule has 0 atom stereocenters. The summed E-state index contributed by atoms with van der Waals surface area (Å²) in [6.07, 6.45) is 0. The van der Waals surface area contributed by atoms with Crippen molar-refractivity contribution in [1.29, 1.82) is 0 Å². The molecular weight excluding hydrogens is 174 g/mol. The van der Waals surface area contributed by atoms with Gasteiger partial charge in [0.05, 0.1) is 0 Å². The van der Waals surface area contributed by atoms with E-state index in [1.54, 1.807) is 24.3 Å². The molecule has 68 valence electrons. The van der Waals surface area contributed by atoms with Crippen LogP contribution in [0.2, 0.25) is 0 Å². The predicted molar refractivity (Wildman–Crippen MR) is 59.0 cm³/mol. The van der Waals surface area contributed by atoms with Gasteiger partial charge in [-0.2, -0.15) is 0 Å². The van der Waals surface area contributed by atoms with E-state index in [2.05, 4.69) is 0 Å². The molecular formula is C12H10BF. The molecule has 0 bridgehead atoms. The molecule has 0 nitrogen and oxygen atoms in total. The van der Waals surface area contributed by atoms with Crippen LogP contribution in [0, 0.1) is 0 Å². The molecule has 0 aliphatic carbocycles. The Morgan fingerprint density at radius 3 is 1.36 bits per heavy atom. The van der Waals surface area contributed by atoms with Gasteiger partial charge in [0, 0.05) is 0 Å². The Balaban J connectivity index is 2.30. The molecule has 0 N–H and O–H groups in total. The SMILES string of the molecule is FB(c1ccccc1)c1ccccc1. The highest BCUT2D eigenvalue weighted by atomic mass is 19.1. The molecule has 2 rings (SSSR count). The van der Waals surface area contributed by atoms with Gasteiger partial charge < -0.3 is 4.32 Å². The van der Waals surface area contributed by atoms with Crippen LogP contribution >= 0.6 is 0 Å². The van der Waals surface area contributed by atoms with E-state index in [0.29, 0.717) is 10.9 Å². The summed E-state index contributed by atoms with van der Waals surface area (Å²) in [5.41, 5.74) is 1.41. The van der Waals surface area contributed by atoms with Gasteiger partial charge >= 0.3 is 6.99 Å². The van der Waals surface area contributed by atoms with Crippen molar-refractivity contribution >= 4 is 17.9 Å². The van der Waals surface area contributed by atoms with Crippen LogP contribution in [0.4, 0.5) is 4.32 Å². The molecule has 0 heterocycles. The van der Waals surface area contributed by atoms with Gasteiger partial charge in [0.25, 0.3) is 0 Å². The smallest absolute Gasteiger partial charge is 0.322 e. The fourth-order valence-corrected chi connectivity index (χ4v) is 1.44. The van der Waals surface area contributed by atoms with Crippen molar-refractivity contribution in [2.75, 3.05) is 0 Å². The maximum atomic E-state index is 13.9. The summed E-state index contributed by atoms with van der Waals surface area (Å²) < 4.78 is 13.9. The minimum absolute atomic E-state index is 0.707. The van der Waals surface area contributed by atoms with Gasteiger partial charge in [-0.25, -0.2) is 0 Å². The monoisotopic (exact) mass is 184 g/mol. The lowest BCUT2D eigenvalue weighted by Gasteiger charge is -2.03. The van der Waals surface area contributed by atoms with Crippen molar-refractivity contribution in [3.05, 3.63) is 60.7 Å². The number of hydrogen-bond donors (Lipinski definition) is 0. The van der Waals surface area contributed by atoms with E-state index in [0.717, 1.165) is 0 Å². The molecule has 0 aliphatic heterocycles. The molecule has 0 amide bonds. The first-order valence-corrected chi connectivity index (χ1v) is 4.62. The fraction of sp³-hybridized carbons (Fsp3) is 0. The van der Waals surface area contributed by atoms with Crippen molar-refractivity contribution < 1.29 is 4.32 Å². The van der Waals surface area contributed by atoms with E-state index in [1.165, 1.54) is 0 Å². The molecule has 0 fully saturated rings. The molecule has 2 aromatic carbocycles. The number of rotatable bonds is 2. The van der Waals surface area contributed by atoms with Crippen LogP contribution in [0.1, 0.15) is 0 Å². The van der Waals surface area contributed by atoms with Gasteiger partial charge in [0.2, 0.25) is 0 Å². The van der Waals surface area contributed by atoms with Crippen molar-refractivity contribution in [2.45, 2.75) is 0 Å². The average molecular weight is 184 g/mol. The first-order valence-electron chi connectivity index (χ1n) is 4.62. The zero-order chi connectivity index (χ0) is 9.80. The van der Waals surface area contributed by atoms with E-state index in [9.17, 15) is 4.32 Å². The molecule has 0 saturated heterocycles. The number of benzene rings is 2. The Bertz CT molecular complexity index is 346. The summed E-state index contributed by atoms with van der Waals surface area (Å²) in [5, 5.41) is 0. The molecule has 2 heteroatoms. The second kappa shape index (κ2) is 4.10. The van der Waals surface area contributed by atoms with Gasteiger partial charge in [-0.05, 0) is 10.9 Å². The van der Waals surface area contributed by atoms with Crippen LogP contribution in [0.3, 0.4) is 0 Å². The summed E-state index contributed by atoms with van der Waals surface area (Å²) in [5.74, 6) is 0. The highest BCUT2D eigenvalue weighted by Gasteiger charge is 2.17. The largest absolute Gasteiger partial charge is 0.413 e. The fourth-order valence-electron chi connectivity index (χ4n) is 1.44. The van der Waals surface area contributed by atoms with E-state index < -0.39 is 6.99 Å². The molecule has 0 unspecified atom stereocenters. The van der Waals surface area contributed by atoms with Gasteiger partial charge in [0.1, 0.15) is 0 Å². The van der Waals surface area contributed by atoms with Crippen LogP contribution in [0.5, 0.6) is 0 Å². The maximum absolute atomic E-state index is 13.9. The second-order valence-electron chi connectivity index (χ2n) is 3.18. The third-order valence-electron chi connectivity index (χ3n) is 2.18. The van der Waals surface area contributed by atoms with Gasteiger partial charge in [-0.1, -0.05) is 60.7 Å². The van der Waals surface area contributed by atoms with Crippen LogP contribution in [0.25, 0.3) is 0 Å². The maximum Gasteiger partial charge on any atom is 0.413 e. The molecule has 14 heavy (non-hydrogen) atoms. The first kappa shape index (κ1) is 9.01. The lowest BCUT2D eigenvalue weighted by atomic mass is 9.59. The minimum atomic E-state index is -1.02. The Labute approximate surface area is 83.5 Å². The zero-order valence-electron chi connectivity index (χ0n) is 7.73. The van der Waals surface area contributed by atoms with E-state index >= 15 is 0 Å². The Kier molecular flexibility index (Phi) is 2.64. The van der Waals surface area contributed by atoms with Gasteiger partial charge in [-0.15, -0.1) is 0 Å². The molecule has 0 aliphatic rings. The predicted octanol–water partition coefficient (Wildman–Crippen LogP) is 1.76. The lowest BCUT2D eigenvalue weighted by Crippen LogP contribution is -2.37. The highest BCUT2D eigenvalue weighted by Crippen LogP contribution is 1.92.